The molecule has 1 aliphatic carbocycles. The molecule has 0 aliphatic heterocycles. The summed E-state index contributed by atoms with van der Waals surface area (Å²) in [5.74, 6) is 0.909. The monoisotopic (exact) mass is 247 g/mol. The zero-order valence-electron chi connectivity index (χ0n) is 10.3. The lowest BCUT2D eigenvalue weighted by Gasteiger charge is -1.98. The number of halogens is 1. The third-order valence-corrected chi connectivity index (χ3v) is 3.51. The molecular formula is C13H14FN3O. The zero-order valence-corrected chi connectivity index (χ0v) is 10.3. The molecule has 18 heavy (non-hydrogen) atoms. The fourth-order valence-corrected chi connectivity index (χ4v) is 2.06. The van der Waals surface area contributed by atoms with Crippen LogP contribution >= 0.6 is 0 Å². The quantitative estimate of drug-likeness (QED) is 0.828. The lowest BCUT2D eigenvalue weighted by atomic mass is 10.1. The third-order valence-electron chi connectivity index (χ3n) is 3.51. The van der Waals surface area contributed by atoms with E-state index in [2.05, 4.69) is 24.0 Å². The van der Waals surface area contributed by atoms with Gasteiger partial charge in [-0.15, -0.1) is 0 Å². The fraction of sp³-hybridized carbons (Fsp3) is 0.385. The summed E-state index contributed by atoms with van der Waals surface area (Å²) in [6, 6.07) is 4.48. The average molecular weight is 247 g/mol. The largest absolute Gasteiger partial charge is 0.396 e. The van der Waals surface area contributed by atoms with Crippen molar-refractivity contribution in [3.63, 3.8) is 0 Å². The van der Waals surface area contributed by atoms with Crippen molar-refractivity contribution in [2.75, 3.05) is 5.73 Å². The maximum atomic E-state index is 13.4. The van der Waals surface area contributed by atoms with Crippen molar-refractivity contribution in [2.45, 2.75) is 26.2 Å². The predicted molar refractivity (Wildman–Crippen MR) is 65.2 cm³/mol. The number of anilines is 1. The van der Waals surface area contributed by atoms with Crippen LogP contribution in [0.25, 0.3) is 11.5 Å². The molecule has 1 saturated carbocycles. The Morgan fingerprint density at radius 2 is 2.17 bits per heavy atom. The second-order valence-corrected chi connectivity index (χ2v) is 5.44. The maximum Gasteiger partial charge on any atom is 0.258 e. The first-order chi connectivity index (χ1) is 8.47. The molecule has 1 atom stereocenters. The van der Waals surface area contributed by atoms with Gasteiger partial charge in [-0.1, -0.05) is 19.0 Å². The second-order valence-electron chi connectivity index (χ2n) is 5.44. The summed E-state index contributed by atoms with van der Waals surface area (Å²) in [6.07, 6.45) is 1.06. The normalized spacial score (nSPS) is 20.9. The van der Waals surface area contributed by atoms with Crippen molar-refractivity contribution in [1.29, 1.82) is 0 Å². The van der Waals surface area contributed by atoms with E-state index in [0.717, 1.165) is 6.42 Å². The first-order valence-corrected chi connectivity index (χ1v) is 5.86. The molecule has 3 rings (SSSR count). The fourth-order valence-electron chi connectivity index (χ4n) is 2.06. The highest BCUT2D eigenvalue weighted by molar-refractivity contribution is 5.57. The third kappa shape index (κ3) is 1.75. The van der Waals surface area contributed by atoms with Crippen molar-refractivity contribution >= 4 is 5.69 Å². The number of benzene rings is 1. The van der Waals surface area contributed by atoms with Crippen LogP contribution in [0.4, 0.5) is 10.1 Å². The van der Waals surface area contributed by atoms with E-state index >= 15 is 0 Å². The van der Waals surface area contributed by atoms with Gasteiger partial charge in [0.2, 0.25) is 0 Å². The molecule has 1 unspecified atom stereocenters. The first-order valence-electron chi connectivity index (χ1n) is 5.86. The minimum absolute atomic E-state index is 0.113. The zero-order chi connectivity index (χ0) is 12.9. The van der Waals surface area contributed by atoms with Gasteiger partial charge in [0.15, 0.2) is 5.82 Å². The highest BCUT2D eigenvalue weighted by Crippen LogP contribution is 2.57. The Kier molecular flexibility index (Phi) is 2.20. The minimum Gasteiger partial charge on any atom is -0.396 e. The molecule has 2 N–H and O–H groups in total. The Morgan fingerprint density at radius 1 is 1.44 bits per heavy atom. The number of hydrogen-bond acceptors (Lipinski definition) is 4. The van der Waals surface area contributed by atoms with E-state index in [0.29, 0.717) is 23.2 Å². The summed E-state index contributed by atoms with van der Waals surface area (Å²) in [5, 5.41) is 3.96. The van der Waals surface area contributed by atoms with Crippen LogP contribution in [0.1, 0.15) is 32.0 Å². The minimum atomic E-state index is -0.473. The highest BCUT2D eigenvalue weighted by Gasteiger charge is 2.49. The van der Waals surface area contributed by atoms with Gasteiger partial charge in [-0.3, -0.25) is 0 Å². The van der Waals surface area contributed by atoms with Crippen molar-refractivity contribution in [3.8, 4) is 11.5 Å². The Balaban J connectivity index is 1.91. The Morgan fingerprint density at radius 3 is 2.78 bits per heavy atom. The number of rotatable bonds is 2. The molecule has 1 fully saturated rings. The van der Waals surface area contributed by atoms with Crippen LogP contribution in [0, 0.1) is 11.2 Å². The Labute approximate surface area is 104 Å². The standard InChI is InChI=1S/C13H14FN3O/c1-13(2)6-8(13)11-16-12(18-17-11)7-3-4-10(15)9(14)5-7/h3-5,8H,6,15H2,1-2H3. The lowest BCUT2D eigenvalue weighted by Crippen LogP contribution is -1.92. The molecule has 1 aromatic carbocycles. The van der Waals surface area contributed by atoms with Gasteiger partial charge in [-0.2, -0.15) is 4.98 Å². The topological polar surface area (TPSA) is 64.9 Å². The molecule has 0 amide bonds. The van der Waals surface area contributed by atoms with Crippen LogP contribution < -0.4 is 5.73 Å². The summed E-state index contributed by atoms with van der Waals surface area (Å²) in [7, 11) is 0. The molecule has 0 radical (unpaired) electrons. The second kappa shape index (κ2) is 3.54. The molecule has 4 nitrogen and oxygen atoms in total. The summed E-state index contributed by atoms with van der Waals surface area (Å²) in [4.78, 5) is 4.32. The van der Waals surface area contributed by atoms with E-state index in [1.165, 1.54) is 12.1 Å². The van der Waals surface area contributed by atoms with Crippen LogP contribution in [0.2, 0.25) is 0 Å². The first kappa shape index (κ1) is 11.2. The van der Waals surface area contributed by atoms with Crippen molar-refractivity contribution in [2.24, 2.45) is 5.41 Å². The number of nitrogens with two attached hydrogens (primary N) is 1. The summed E-state index contributed by atoms with van der Waals surface area (Å²) < 4.78 is 18.5. The number of hydrogen-bond donors (Lipinski definition) is 1. The van der Waals surface area contributed by atoms with Gasteiger partial charge >= 0.3 is 0 Å². The van der Waals surface area contributed by atoms with E-state index in [1.807, 2.05) is 0 Å². The molecule has 5 heteroatoms. The van der Waals surface area contributed by atoms with Crippen LogP contribution in [0.15, 0.2) is 22.7 Å². The molecule has 0 spiro atoms. The van der Waals surface area contributed by atoms with E-state index in [4.69, 9.17) is 10.3 Å². The molecule has 2 aromatic rings. The Bertz CT molecular complexity index is 606. The van der Waals surface area contributed by atoms with Gasteiger partial charge in [-0.05, 0) is 30.0 Å². The van der Waals surface area contributed by atoms with Gasteiger partial charge in [-0.25, -0.2) is 4.39 Å². The molecule has 1 aliphatic rings. The van der Waals surface area contributed by atoms with E-state index in [-0.39, 0.29) is 11.1 Å². The number of aromatic nitrogens is 2. The van der Waals surface area contributed by atoms with E-state index in [1.54, 1.807) is 6.07 Å². The van der Waals surface area contributed by atoms with Gasteiger partial charge in [0, 0.05) is 11.5 Å². The van der Waals surface area contributed by atoms with Gasteiger partial charge in [0.25, 0.3) is 5.89 Å². The van der Waals surface area contributed by atoms with Crippen LogP contribution in [-0.2, 0) is 0 Å². The lowest BCUT2D eigenvalue weighted by molar-refractivity contribution is 0.419. The van der Waals surface area contributed by atoms with Crippen molar-refractivity contribution in [3.05, 3.63) is 29.8 Å². The maximum absolute atomic E-state index is 13.4. The van der Waals surface area contributed by atoms with Crippen LogP contribution in [-0.4, -0.2) is 10.1 Å². The summed E-state index contributed by atoms with van der Waals surface area (Å²) in [5.41, 5.74) is 6.34. The number of nitrogens with zero attached hydrogens (tertiary/aromatic N) is 2. The van der Waals surface area contributed by atoms with Crippen molar-refractivity contribution < 1.29 is 8.91 Å². The van der Waals surface area contributed by atoms with Gasteiger partial charge in [0.1, 0.15) is 5.82 Å². The van der Waals surface area contributed by atoms with Crippen molar-refractivity contribution in [1.82, 2.24) is 10.1 Å². The van der Waals surface area contributed by atoms with E-state index < -0.39 is 5.82 Å². The molecule has 1 aromatic heterocycles. The SMILES string of the molecule is CC1(C)CC1c1noc(-c2ccc(N)c(F)c2)n1. The average Bonchev–Trinajstić information content (AvgIpc) is 2.78. The number of nitrogen functional groups attached to an aromatic ring is 1. The van der Waals surface area contributed by atoms with Crippen LogP contribution in [0.5, 0.6) is 0 Å². The summed E-state index contributed by atoms with van der Waals surface area (Å²) in [6.45, 7) is 4.33. The predicted octanol–water partition coefficient (Wildman–Crippen LogP) is 2.97. The summed E-state index contributed by atoms with van der Waals surface area (Å²) >= 11 is 0. The molecule has 1 heterocycles. The van der Waals surface area contributed by atoms with Gasteiger partial charge in [0.05, 0.1) is 5.69 Å². The Hall–Kier alpha value is -1.91. The van der Waals surface area contributed by atoms with E-state index in [9.17, 15) is 4.39 Å². The molecule has 0 bridgehead atoms. The molecular weight excluding hydrogens is 233 g/mol. The van der Waals surface area contributed by atoms with Crippen LogP contribution in [0.3, 0.4) is 0 Å². The molecule has 0 saturated heterocycles. The smallest absolute Gasteiger partial charge is 0.258 e. The highest BCUT2D eigenvalue weighted by atomic mass is 19.1. The van der Waals surface area contributed by atoms with Gasteiger partial charge < -0.3 is 10.3 Å². The molecule has 94 valence electrons.